The van der Waals surface area contributed by atoms with Crippen molar-refractivity contribution in [2.45, 2.75) is 13.0 Å². The molecule has 0 fully saturated rings. The minimum atomic E-state index is -0.516. The van der Waals surface area contributed by atoms with E-state index in [1.54, 1.807) is 24.3 Å². The van der Waals surface area contributed by atoms with Gasteiger partial charge in [-0.05, 0) is 24.8 Å². The summed E-state index contributed by atoms with van der Waals surface area (Å²) in [4.78, 5) is 16.2. The number of rotatable bonds is 4. The molecule has 0 saturated heterocycles. The molecule has 0 saturated carbocycles. The van der Waals surface area contributed by atoms with E-state index in [1.165, 1.54) is 14.2 Å². The molecule has 1 aliphatic rings. The second-order valence-corrected chi connectivity index (χ2v) is 5.70. The van der Waals surface area contributed by atoms with Crippen LogP contribution in [0.15, 0.2) is 47.1 Å². The van der Waals surface area contributed by atoms with Crippen molar-refractivity contribution in [3.05, 3.63) is 63.7 Å². The molecule has 1 aromatic rings. The number of benzene rings is 1. The molecule has 5 nitrogen and oxygen atoms in total. The van der Waals surface area contributed by atoms with Crippen LogP contribution in [0.25, 0.3) is 5.53 Å². The highest BCUT2D eigenvalue weighted by Gasteiger charge is 2.29. The minimum Gasteiger partial charge on any atom is -0.495 e. The number of hydrogen-bond acceptors (Lipinski definition) is 4. The van der Waals surface area contributed by atoms with Crippen LogP contribution in [0.1, 0.15) is 15.9 Å². The van der Waals surface area contributed by atoms with Crippen LogP contribution >= 0.6 is 11.8 Å². The maximum atomic E-state index is 12.4. The van der Waals surface area contributed by atoms with Gasteiger partial charge in [0, 0.05) is 12.7 Å². The largest absolute Gasteiger partial charge is 0.495 e. The average Bonchev–Trinajstić information content (AvgIpc) is 2.54. The highest BCUT2D eigenvalue weighted by Crippen LogP contribution is 2.31. The standard InChI is InChI=1S/C16H16N2O3S/c1-10-4-6-11(7-5-10)16(19)22-15-9-13(20-2)12(18-17)8-14(15)21-3/h4-9,13H,1-3H3. The summed E-state index contributed by atoms with van der Waals surface area (Å²) >= 11 is 1.06. The van der Waals surface area contributed by atoms with E-state index >= 15 is 0 Å². The van der Waals surface area contributed by atoms with Gasteiger partial charge >= 0.3 is 5.71 Å². The molecule has 0 radical (unpaired) electrons. The van der Waals surface area contributed by atoms with Gasteiger partial charge in [0.1, 0.15) is 5.76 Å². The van der Waals surface area contributed by atoms with Crippen molar-refractivity contribution in [2.24, 2.45) is 0 Å². The lowest BCUT2D eigenvalue weighted by Gasteiger charge is -2.16. The molecule has 0 bridgehead atoms. The molecule has 2 rings (SSSR count). The summed E-state index contributed by atoms with van der Waals surface area (Å²) < 4.78 is 10.5. The molecule has 114 valence electrons. The van der Waals surface area contributed by atoms with Crippen LogP contribution in [-0.2, 0) is 9.47 Å². The third-order valence-corrected chi connectivity index (χ3v) is 4.17. The second-order valence-electron chi connectivity index (χ2n) is 4.68. The molecule has 0 heterocycles. The molecule has 0 N–H and O–H groups in total. The van der Waals surface area contributed by atoms with Gasteiger partial charge in [-0.3, -0.25) is 4.79 Å². The van der Waals surface area contributed by atoms with Crippen molar-refractivity contribution in [2.75, 3.05) is 14.2 Å². The normalized spacial score (nSPS) is 17.4. The highest BCUT2D eigenvalue weighted by atomic mass is 32.2. The summed E-state index contributed by atoms with van der Waals surface area (Å²) in [5.41, 5.74) is 11.0. The highest BCUT2D eigenvalue weighted by molar-refractivity contribution is 8.17. The molecule has 1 unspecified atom stereocenters. The molecule has 1 atom stereocenters. The Morgan fingerprint density at radius 2 is 1.95 bits per heavy atom. The van der Waals surface area contributed by atoms with Gasteiger partial charge in [0.25, 0.3) is 0 Å². The van der Waals surface area contributed by atoms with Crippen LogP contribution < -0.4 is 0 Å². The molecule has 0 amide bonds. The number of thioether (sulfide) groups is 1. The van der Waals surface area contributed by atoms with Crippen LogP contribution in [0.4, 0.5) is 0 Å². The van der Waals surface area contributed by atoms with Crippen LogP contribution in [0.3, 0.4) is 0 Å². The van der Waals surface area contributed by atoms with Gasteiger partial charge in [-0.25, -0.2) is 0 Å². The Bertz CT molecular complexity index is 686. The fraction of sp³-hybridized carbons (Fsp3) is 0.250. The Morgan fingerprint density at radius 3 is 2.50 bits per heavy atom. The smallest absolute Gasteiger partial charge is 0.328 e. The van der Waals surface area contributed by atoms with E-state index < -0.39 is 6.10 Å². The zero-order valence-electron chi connectivity index (χ0n) is 12.6. The molecule has 0 aliphatic heterocycles. The number of nitrogens with zero attached hydrogens (tertiary/aromatic N) is 2. The van der Waals surface area contributed by atoms with E-state index in [-0.39, 0.29) is 5.12 Å². The first-order valence-corrected chi connectivity index (χ1v) is 7.42. The summed E-state index contributed by atoms with van der Waals surface area (Å²) in [6.07, 6.45) is 2.74. The van der Waals surface area contributed by atoms with Crippen LogP contribution in [-0.4, -0.2) is 35.9 Å². The van der Waals surface area contributed by atoms with Gasteiger partial charge in [-0.2, -0.15) is 4.79 Å². The summed E-state index contributed by atoms with van der Waals surface area (Å²) in [5, 5.41) is -0.0894. The number of carbonyl (C=O) groups excluding carboxylic acids is 1. The van der Waals surface area contributed by atoms with Crippen molar-refractivity contribution >= 4 is 22.6 Å². The fourth-order valence-electron chi connectivity index (χ4n) is 1.96. The van der Waals surface area contributed by atoms with Crippen LogP contribution in [0.2, 0.25) is 0 Å². The van der Waals surface area contributed by atoms with Crippen molar-refractivity contribution in [3.63, 3.8) is 0 Å². The lowest BCUT2D eigenvalue weighted by atomic mass is 10.1. The summed E-state index contributed by atoms with van der Waals surface area (Å²) in [7, 11) is 3.00. The van der Waals surface area contributed by atoms with Crippen molar-refractivity contribution in [3.8, 4) is 0 Å². The number of hydrogen-bond donors (Lipinski definition) is 0. The molecule has 22 heavy (non-hydrogen) atoms. The fourth-order valence-corrected chi connectivity index (χ4v) is 2.85. The van der Waals surface area contributed by atoms with Gasteiger partial charge < -0.3 is 15.0 Å². The van der Waals surface area contributed by atoms with Crippen LogP contribution in [0, 0.1) is 6.92 Å². The molecular weight excluding hydrogens is 300 g/mol. The van der Waals surface area contributed by atoms with Crippen LogP contribution in [0.5, 0.6) is 0 Å². The monoisotopic (exact) mass is 316 g/mol. The van der Waals surface area contributed by atoms with Crippen molar-refractivity contribution in [1.29, 1.82) is 0 Å². The Kier molecular flexibility index (Phi) is 5.33. The Morgan fingerprint density at radius 1 is 1.27 bits per heavy atom. The maximum absolute atomic E-state index is 12.4. The molecule has 6 heteroatoms. The predicted octanol–water partition coefficient (Wildman–Crippen LogP) is 2.98. The Labute approximate surface area is 133 Å². The van der Waals surface area contributed by atoms with E-state index in [1.807, 2.05) is 19.1 Å². The number of ether oxygens (including phenoxy) is 2. The average molecular weight is 316 g/mol. The molecule has 0 spiro atoms. The number of carbonyl (C=O) groups is 1. The quantitative estimate of drug-likeness (QED) is 0.632. The van der Waals surface area contributed by atoms with Gasteiger partial charge in [0.05, 0.1) is 18.1 Å². The predicted molar refractivity (Wildman–Crippen MR) is 85.7 cm³/mol. The first kappa shape index (κ1) is 16.2. The number of aryl methyl sites for hydroxylation is 1. The van der Waals surface area contributed by atoms with Gasteiger partial charge in [0.15, 0.2) is 6.10 Å². The van der Waals surface area contributed by atoms with Gasteiger partial charge in [0.2, 0.25) is 5.12 Å². The van der Waals surface area contributed by atoms with Gasteiger partial charge in [-0.1, -0.05) is 29.8 Å². The Balaban J connectivity index is 2.25. The van der Waals surface area contributed by atoms with E-state index in [2.05, 4.69) is 4.79 Å². The van der Waals surface area contributed by atoms with E-state index in [4.69, 9.17) is 15.0 Å². The topological polar surface area (TPSA) is 71.9 Å². The zero-order valence-corrected chi connectivity index (χ0v) is 13.4. The van der Waals surface area contributed by atoms with E-state index in [0.29, 0.717) is 21.9 Å². The van der Waals surface area contributed by atoms with Crippen molar-refractivity contribution < 1.29 is 19.1 Å². The molecule has 1 aliphatic carbocycles. The zero-order chi connectivity index (χ0) is 16.1. The third kappa shape index (κ3) is 3.54. The SMILES string of the molecule is COC1=CC(=[N+]=[N-])C(OC)C=C1SC(=O)c1ccc(C)cc1. The first-order valence-electron chi connectivity index (χ1n) is 6.60. The second kappa shape index (κ2) is 7.22. The third-order valence-electron chi connectivity index (χ3n) is 3.20. The molecule has 1 aromatic carbocycles. The van der Waals surface area contributed by atoms with Gasteiger partial charge in [-0.15, -0.1) is 0 Å². The number of methoxy groups -OCH3 is 2. The van der Waals surface area contributed by atoms with Crippen molar-refractivity contribution in [1.82, 2.24) is 0 Å². The molecule has 0 aromatic heterocycles. The first-order chi connectivity index (χ1) is 10.6. The summed E-state index contributed by atoms with van der Waals surface area (Å²) in [6, 6.07) is 7.37. The lowest BCUT2D eigenvalue weighted by molar-refractivity contribution is -0.0188. The van der Waals surface area contributed by atoms with E-state index in [0.717, 1.165) is 17.3 Å². The lowest BCUT2D eigenvalue weighted by Crippen LogP contribution is -2.24. The van der Waals surface area contributed by atoms with E-state index in [9.17, 15) is 4.79 Å². The maximum Gasteiger partial charge on any atom is 0.328 e. The molecular formula is C16H16N2O3S. The minimum absolute atomic E-state index is 0.0894. The summed E-state index contributed by atoms with van der Waals surface area (Å²) in [5.74, 6) is 0.464. The Hall–Kier alpha value is -2.14. The summed E-state index contributed by atoms with van der Waals surface area (Å²) in [6.45, 7) is 1.97.